The van der Waals surface area contributed by atoms with E-state index in [1.165, 1.54) is 23.9 Å². The molecule has 0 amide bonds. The molecule has 9 nitrogen and oxygen atoms in total. The Morgan fingerprint density at radius 2 is 1.83 bits per heavy atom. The third-order valence-electron chi connectivity index (χ3n) is 5.56. The van der Waals surface area contributed by atoms with E-state index in [9.17, 15) is 18.0 Å². The van der Waals surface area contributed by atoms with Gasteiger partial charge in [0.05, 0.1) is 37.7 Å². The van der Waals surface area contributed by atoms with E-state index in [1.54, 1.807) is 30.5 Å². The van der Waals surface area contributed by atoms with Crippen LogP contribution in [0.5, 0.6) is 11.5 Å². The van der Waals surface area contributed by atoms with Crippen molar-refractivity contribution in [3.63, 3.8) is 0 Å². The molecule has 0 saturated carbocycles. The standard InChI is InChI=1S/C23H20F3N5O4/c1-33-16-9-15(10-17(11-16)35-23(24,25)26)31-13-20(28-29-31)14-2-3-19-18(8-14)21(32)12-22(27-19)30-4-6-34-7-5-30/h2-3,8-13H,4-7H2,1H3,(H,27,32). The predicted molar refractivity (Wildman–Crippen MR) is 121 cm³/mol. The number of pyridine rings is 1. The van der Waals surface area contributed by atoms with Crippen molar-refractivity contribution in [2.45, 2.75) is 6.36 Å². The Bertz CT molecular complexity index is 1430. The number of nitrogens with zero attached hydrogens (tertiary/aromatic N) is 4. The van der Waals surface area contributed by atoms with Gasteiger partial charge in [0.15, 0.2) is 5.43 Å². The number of alkyl halides is 3. The summed E-state index contributed by atoms with van der Waals surface area (Å²) in [5, 5.41) is 8.63. The van der Waals surface area contributed by atoms with Crippen molar-refractivity contribution in [1.29, 1.82) is 0 Å². The first-order valence-corrected chi connectivity index (χ1v) is 10.7. The molecule has 3 heterocycles. The summed E-state index contributed by atoms with van der Waals surface area (Å²) in [4.78, 5) is 18.2. The highest BCUT2D eigenvalue weighted by molar-refractivity contribution is 5.85. The van der Waals surface area contributed by atoms with Gasteiger partial charge in [0.2, 0.25) is 0 Å². The summed E-state index contributed by atoms with van der Waals surface area (Å²) in [6, 6.07) is 10.6. The van der Waals surface area contributed by atoms with Gasteiger partial charge >= 0.3 is 6.36 Å². The summed E-state index contributed by atoms with van der Waals surface area (Å²) in [6.07, 6.45) is -3.31. The Balaban J connectivity index is 1.47. The lowest BCUT2D eigenvalue weighted by Gasteiger charge is -2.28. The highest BCUT2D eigenvalue weighted by Crippen LogP contribution is 2.30. The Labute approximate surface area is 196 Å². The van der Waals surface area contributed by atoms with Crippen LogP contribution in [0.4, 0.5) is 19.0 Å². The van der Waals surface area contributed by atoms with Crippen molar-refractivity contribution in [1.82, 2.24) is 20.0 Å². The van der Waals surface area contributed by atoms with Crippen molar-refractivity contribution in [3.05, 3.63) is 58.9 Å². The zero-order chi connectivity index (χ0) is 24.6. The van der Waals surface area contributed by atoms with E-state index in [-0.39, 0.29) is 16.9 Å². The van der Waals surface area contributed by atoms with Gasteiger partial charge < -0.3 is 24.1 Å². The molecule has 5 rings (SSSR count). The molecule has 1 N–H and O–H groups in total. The number of methoxy groups -OCH3 is 1. The number of aromatic amines is 1. The minimum Gasteiger partial charge on any atom is -0.497 e. The summed E-state index contributed by atoms with van der Waals surface area (Å²) in [5.41, 5.74) is 1.86. The number of aromatic nitrogens is 4. The van der Waals surface area contributed by atoms with Crippen LogP contribution in [0.1, 0.15) is 0 Å². The van der Waals surface area contributed by atoms with E-state index < -0.39 is 12.1 Å². The minimum atomic E-state index is -4.85. The highest BCUT2D eigenvalue weighted by Gasteiger charge is 2.31. The van der Waals surface area contributed by atoms with Gasteiger partial charge in [-0.25, -0.2) is 4.68 Å². The van der Waals surface area contributed by atoms with Crippen LogP contribution in [0.3, 0.4) is 0 Å². The molecule has 2 aromatic heterocycles. The molecule has 4 aromatic rings. The first-order chi connectivity index (χ1) is 16.8. The number of nitrogens with one attached hydrogen (secondary N) is 1. The lowest BCUT2D eigenvalue weighted by atomic mass is 10.1. The number of fused-ring (bicyclic) bond motifs is 1. The summed E-state index contributed by atoms with van der Waals surface area (Å²) < 4.78 is 53.9. The Morgan fingerprint density at radius 1 is 1.06 bits per heavy atom. The number of halogens is 3. The average molecular weight is 487 g/mol. The molecular weight excluding hydrogens is 467 g/mol. The molecule has 35 heavy (non-hydrogen) atoms. The van der Waals surface area contributed by atoms with E-state index in [0.717, 1.165) is 11.9 Å². The van der Waals surface area contributed by atoms with Crippen LogP contribution in [-0.4, -0.2) is 59.8 Å². The fourth-order valence-corrected chi connectivity index (χ4v) is 3.89. The maximum Gasteiger partial charge on any atom is 0.573 e. The molecule has 0 atom stereocenters. The molecule has 2 aromatic carbocycles. The first kappa shape index (κ1) is 22.7. The maximum atomic E-state index is 12.8. The second kappa shape index (κ2) is 8.95. The lowest BCUT2D eigenvalue weighted by Crippen LogP contribution is -2.37. The van der Waals surface area contributed by atoms with Crippen molar-refractivity contribution in [2.75, 3.05) is 38.3 Å². The van der Waals surface area contributed by atoms with Crippen LogP contribution in [0, 0.1) is 0 Å². The number of ether oxygens (including phenoxy) is 3. The van der Waals surface area contributed by atoms with E-state index >= 15 is 0 Å². The molecule has 1 aliphatic rings. The summed E-state index contributed by atoms with van der Waals surface area (Å²) in [7, 11) is 1.33. The van der Waals surface area contributed by atoms with Gasteiger partial charge in [-0.3, -0.25) is 4.79 Å². The van der Waals surface area contributed by atoms with E-state index in [0.29, 0.717) is 48.5 Å². The monoisotopic (exact) mass is 487 g/mol. The third kappa shape index (κ3) is 4.92. The Morgan fingerprint density at radius 3 is 2.57 bits per heavy atom. The number of morpholine rings is 1. The zero-order valence-corrected chi connectivity index (χ0v) is 18.5. The number of hydrogen-bond donors (Lipinski definition) is 1. The quantitative estimate of drug-likeness (QED) is 0.460. The number of benzene rings is 2. The number of anilines is 1. The topological polar surface area (TPSA) is 94.5 Å². The van der Waals surface area contributed by atoms with Crippen molar-refractivity contribution >= 4 is 16.7 Å². The van der Waals surface area contributed by atoms with Crippen LogP contribution in [0.25, 0.3) is 27.8 Å². The predicted octanol–water partition coefficient (Wildman–Crippen LogP) is 3.52. The molecule has 0 aliphatic carbocycles. The molecule has 182 valence electrons. The van der Waals surface area contributed by atoms with Crippen molar-refractivity contribution < 1.29 is 27.4 Å². The summed E-state index contributed by atoms with van der Waals surface area (Å²) >= 11 is 0. The fourth-order valence-electron chi connectivity index (χ4n) is 3.89. The van der Waals surface area contributed by atoms with Crippen molar-refractivity contribution in [3.8, 4) is 28.4 Å². The van der Waals surface area contributed by atoms with Crippen LogP contribution >= 0.6 is 0 Å². The fraction of sp³-hybridized carbons (Fsp3) is 0.261. The highest BCUT2D eigenvalue weighted by atomic mass is 19.4. The van der Waals surface area contributed by atoms with Gasteiger partial charge in [0.25, 0.3) is 0 Å². The van der Waals surface area contributed by atoms with E-state index in [2.05, 4.69) is 24.9 Å². The second-order valence-electron chi connectivity index (χ2n) is 7.84. The molecular formula is C23H20F3N5O4. The number of H-pyrrole nitrogens is 1. The van der Waals surface area contributed by atoms with Gasteiger partial charge in [0, 0.05) is 48.3 Å². The van der Waals surface area contributed by atoms with Gasteiger partial charge in [-0.2, -0.15) is 0 Å². The van der Waals surface area contributed by atoms with Gasteiger partial charge in [-0.15, -0.1) is 18.3 Å². The molecule has 0 radical (unpaired) electrons. The van der Waals surface area contributed by atoms with Crippen LogP contribution in [-0.2, 0) is 4.74 Å². The SMILES string of the molecule is COc1cc(OC(F)(F)F)cc(-n2cc(-c3ccc4[nH]c(N5CCOCC5)cc(=O)c4c3)nn2)c1. The van der Waals surface area contributed by atoms with Gasteiger partial charge in [0.1, 0.15) is 23.0 Å². The van der Waals surface area contributed by atoms with Crippen LogP contribution < -0.4 is 19.8 Å². The molecule has 0 bridgehead atoms. The second-order valence-corrected chi connectivity index (χ2v) is 7.84. The van der Waals surface area contributed by atoms with Crippen LogP contribution in [0.2, 0.25) is 0 Å². The average Bonchev–Trinajstić information content (AvgIpc) is 3.33. The maximum absolute atomic E-state index is 12.8. The smallest absolute Gasteiger partial charge is 0.497 e. The van der Waals surface area contributed by atoms with E-state index in [1.807, 2.05) is 0 Å². The third-order valence-corrected chi connectivity index (χ3v) is 5.56. The molecule has 0 unspecified atom stereocenters. The molecule has 1 saturated heterocycles. The minimum absolute atomic E-state index is 0.142. The molecule has 12 heteroatoms. The van der Waals surface area contributed by atoms with Crippen molar-refractivity contribution in [2.24, 2.45) is 0 Å². The normalized spacial score (nSPS) is 14.3. The largest absolute Gasteiger partial charge is 0.573 e. The number of hydrogen-bond acceptors (Lipinski definition) is 7. The summed E-state index contributed by atoms with van der Waals surface area (Å²) in [6.45, 7) is 2.60. The first-order valence-electron chi connectivity index (χ1n) is 10.7. The lowest BCUT2D eigenvalue weighted by molar-refractivity contribution is -0.274. The number of rotatable bonds is 5. The Kier molecular flexibility index (Phi) is 5.81. The molecule has 1 aliphatic heterocycles. The van der Waals surface area contributed by atoms with Crippen LogP contribution in [0.15, 0.2) is 53.5 Å². The van der Waals surface area contributed by atoms with Gasteiger partial charge in [-0.05, 0) is 12.1 Å². The molecule has 1 fully saturated rings. The Hall–Kier alpha value is -4.06. The zero-order valence-electron chi connectivity index (χ0n) is 18.5. The van der Waals surface area contributed by atoms with E-state index in [4.69, 9.17) is 9.47 Å². The summed E-state index contributed by atoms with van der Waals surface area (Å²) in [5.74, 6) is 0.448. The van der Waals surface area contributed by atoms with Gasteiger partial charge in [-0.1, -0.05) is 11.3 Å². The molecule has 0 spiro atoms.